The summed E-state index contributed by atoms with van der Waals surface area (Å²) in [5.74, 6) is 1.04. The molecule has 0 heterocycles. The summed E-state index contributed by atoms with van der Waals surface area (Å²) in [6, 6.07) is 21.0. The van der Waals surface area contributed by atoms with Gasteiger partial charge in [0.05, 0.1) is 0 Å². The van der Waals surface area contributed by atoms with Crippen molar-refractivity contribution >= 4 is 19.6 Å². The molecule has 0 unspecified atom stereocenters. The van der Waals surface area contributed by atoms with Crippen molar-refractivity contribution in [2.75, 3.05) is 0 Å². The molecule has 0 aliphatic heterocycles. The summed E-state index contributed by atoms with van der Waals surface area (Å²) in [6.07, 6.45) is 0.957. The third-order valence-electron chi connectivity index (χ3n) is 3.19. The van der Waals surface area contributed by atoms with Gasteiger partial charge in [-0.1, -0.05) is 67.6 Å². The highest BCUT2D eigenvalue weighted by Gasteiger charge is 2.21. The van der Waals surface area contributed by atoms with Crippen LogP contribution in [-0.2, 0) is 4.43 Å². The van der Waals surface area contributed by atoms with Crippen LogP contribution in [0.5, 0.6) is 0 Å². The lowest BCUT2D eigenvalue weighted by Gasteiger charge is -2.25. The molecule has 0 spiro atoms. The molecule has 0 aliphatic rings. The Bertz CT molecular complexity index is 594. The van der Waals surface area contributed by atoms with Gasteiger partial charge in [-0.3, -0.25) is 0 Å². The van der Waals surface area contributed by atoms with Crippen LogP contribution in [0.1, 0.15) is 24.5 Å². The molecule has 0 atom stereocenters. The molecule has 2 rings (SSSR count). The van der Waals surface area contributed by atoms with Gasteiger partial charge in [0.2, 0.25) is 8.32 Å². The van der Waals surface area contributed by atoms with Crippen molar-refractivity contribution in [1.82, 2.24) is 0 Å². The Hall–Kier alpha value is -1.80. The van der Waals surface area contributed by atoms with Crippen molar-refractivity contribution in [3.8, 4) is 0 Å². The number of hydrogen-bond donors (Lipinski definition) is 0. The minimum absolute atomic E-state index is 0.957. The number of hydrogen-bond acceptors (Lipinski definition) is 1. The van der Waals surface area contributed by atoms with Crippen LogP contribution in [0.15, 0.2) is 60.7 Å². The molecule has 21 heavy (non-hydrogen) atoms. The maximum absolute atomic E-state index is 6.45. The molecule has 110 valence electrons. The Kier molecular flexibility index (Phi) is 5.02. The first-order valence-electron chi connectivity index (χ1n) is 7.54. The molecule has 0 fully saturated rings. The van der Waals surface area contributed by atoms with E-state index in [-0.39, 0.29) is 0 Å². The molecule has 0 saturated carbocycles. The van der Waals surface area contributed by atoms with E-state index in [9.17, 15) is 0 Å². The smallest absolute Gasteiger partial charge is 0.242 e. The lowest BCUT2D eigenvalue weighted by Crippen LogP contribution is -2.25. The molecule has 0 saturated heterocycles. The van der Waals surface area contributed by atoms with Crippen molar-refractivity contribution in [2.45, 2.75) is 33.0 Å². The average Bonchev–Trinajstić information content (AvgIpc) is 2.48. The first-order chi connectivity index (χ1) is 10.0. The molecule has 1 nitrogen and oxygen atoms in total. The Labute approximate surface area is 129 Å². The van der Waals surface area contributed by atoms with E-state index in [4.69, 9.17) is 4.43 Å². The Morgan fingerprint density at radius 3 is 1.71 bits per heavy atom. The molecule has 0 radical (unpaired) electrons. The largest absolute Gasteiger partial charge is 0.544 e. The SMILES string of the molecule is CC/C(=C(\O[Si](C)(C)C)c1ccccc1)c1ccccc1. The molecule has 0 bridgehead atoms. The highest BCUT2D eigenvalue weighted by atomic mass is 28.4. The first-order valence-corrected chi connectivity index (χ1v) is 10.9. The first kappa shape index (κ1) is 15.6. The van der Waals surface area contributed by atoms with Crippen LogP contribution in [0.25, 0.3) is 11.3 Å². The van der Waals surface area contributed by atoms with Gasteiger partial charge in [0, 0.05) is 11.1 Å². The van der Waals surface area contributed by atoms with Crippen LogP contribution < -0.4 is 0 Å². The maximum atomic E-state index is 6.45. The third kappa shape index (κ3) is 4.33. The summed E-state index contributed by atoms with van der Waals surface area (Å²) in [4.78, 5) is 0. The zero-order valence-electron chi connectivity index (χ0n) is 13.4. The topological polar surface area (TPSA) is 9.23 Å². The number of allylic oxidation sites excluding steroid dienone is 1. The molecule has 0 aromatic heterocycles. The van der Waals surface area contributed by atoms with Gasteiger partial charge in [0.15, 0.2) is 0 Å². The quantitative estimate of drug-likeness (QED) is 0.384. The Morgan fingerprint density at radius 2 is 1.29 bits per heavy atom. The van der Waals surface area contributed by atoms with Gasteiger partial charge in [0.25, 0.3) is 0 Å². The van der Waals surface area contributed by atoms with E-state index in [1.807, 2.05) is 6.07 Å². The van der Waals surface area contributed by atoms with Gasteiger partial charge >= 0.3 is 0 Å². The van der Waals surface area contributed by atoms with Gasteiger partial charge in [-0.15, -0.1) is 0 Å². The van der Waals surface area contributed by atoms with Gasteiger partial charge in [0.1, 0.15) is 5.76 Å². The van der Waals surface area contributed by atoms with Gasteiger partial charge in [-0.05, 0) is 31.6 Å². The van der Waals surface area contributed by atoms with E-state index in [0.717, 1.165) is 12.2 Å². The van der Waals surface area contributed by atoms with Gasteiger partial charge in [-0.25, -0.2) is 0 Å². The number of benzene rings is 2. The van der Waals surface area contributed by atoms with Crippen molar-refractivity contribution in [1.29, 1.82) is 0 Å². The summed E-state index contributed by atoms with van der Waals surface area (Å²) in [6.45, 7) is 8.88. The second-order valence-electron chi connectivity index (χ2n) is 6.11. The minimum Gasteiger partial charge on any atom is -0.544 e. The zero-order valence-corrected chi connectivity index (χ0v) is 14.4. The van der Waals surface area contributed by atoms with Crippen LogP contribution in [0.2, 0.25) is 19.6 Å². The zero-order chi connectivity index (χ0) is 15.3. The molecule has 2 heteroatoms. The van der Waals surface area contributed by atoms with Crippen LogP contribution in [0.3, 0.4) is 0 Å². The second-order valence-corrected chi connectivity index (χ2v) is 10.5. The van der Waals surface area contributed by atoms with E-state index in [1.54, 1.807) is 0 Å². The fourth-order valence-corrected chi connectivity index (χ4v) is 3.18. The lowest BCUT2D eigenvalue weighted by atomic mass is 9.99. The van der Waals surface area contributed by atoms with Crippen molar-refractivity contribution in [3.05, 3.63) is 71.8 Å². The van der Waals surface area contributed by atoms with Crippen molar-refractivity contribution in [2.24, 2.45) is 0 Å². The molecular formula is C19H24OSi. The van der Waals surface area contributed by atoms with E-state index >= 15 is 0 Å². The average molecular weight is 296 g/mol. The van der Waals surface area contributed by atoms with E-state index < -0.39 is 8.32 Å². The molecule has 2 aromatic rings. The second kappa shape index (κ2) is 6.77. The van der Waals surface area contributed by atoms with Crippen LogP contribution in [0.4, 0.5) is 0 Å². The van der Waals surface area contributed by atoms with Crippen molar-refractivity contribution < 1.29 is 4.43 Å². The summed E-state index contributed by atoms with van der Waals surface area (Å²) in [5.41, 5.74) is 3.70. The van der Waals surface area contributed by atoms with Gasteiger partial charge < -0.3 is 4.43 Å². The summed E-state index contributed by atoms with van der Waals surface area (Å²) in [5, 5.41) is 0. The third-order valence-corrected chi connectivity index (χ3v) is 4.01. The standard InChI is InChI=1S/C19H24OSi/c1-5-18(16-12-8-6-9-13-16)19(20-21(2,3)4)17-14-10-7-11-15-17/h6-15H,5H2,1-4H3/b19-18+. The van der Waals surface area contributed by atoms with E-state index in [2.05, 4.69) is 81.2 Å². The Balaban J connectivity index is 2.58. The summed E-state index contributed by atoms with van der Waals surface area (Å²) in [7, 11) is -1.67. The molecule has 2 aromatic carbocycles. The Morgan fingerprint density at radius 1 is 0.810 bits per heavy atom. The molecule has 0 N–H and O–H groups in total. The van der Waals surface area contributed by atoms with Crippen LogP contribution >= 0.6 is 0 Å². The molecular weight excluding hydrogens is 272 g/mol. The summed E-state index contributed by atoms with van der Waals surface area (Å²) >= 11 is 0. The molecule has 0 amide bonds. The van der Waals surface area contributed by atoms with Crippen LogP contribution in [-0.4, -0.2) is 8.32 Å². The highest BCUT2D eigenvalue weighted by molar-refractivity contribution is 6.70. The fourth-order valence-electron chi connectivity index (χ4n) is 2.33. The monoisotopic (exact) mass is 296 g/mol. The highest BCUT2D eigenvalue weighted by Crippen LogP contribution is 2.32. The predicted octanol–water partition coefficient (Wildman–Crippen LogP) is 5.82. The predicted molar refractivity (Wildman–Crippen MR) is 94.4 cm³/mol. The minimum atomic E-state index is -1.67. The van der Waals surface area contributed by atoms with E-state index in [1.165, 1.54) is 16.7 Å². The number of rotatable bonds is 5. The normalized spacial score (nSPS) is 12.8. The van der Waals surface area contributed by atoms with Crippen molar-refractivity contribution in [3.63, 3.8) is 0 Å². The fraction of sp³-hybridized carbons (Fsp3) is 0.263. The van der Waals surface area contributed by atoms with E-state index in [0.29, 0.717) is 0 Å². The maximum Gasteiger partial charge on any atom is 0.242 e. The lowest BCUT2D eigenvalue weighted by molar-refractivity contribution is 0.515. The van der Waals surface area contributed by atoms with Crippen LogP contribution in [0, 0.1) is 0 Å². The molecule has 0 aliphatic carbocycles. The summed E-state index contributed by atoms with van der Waals surface area (Å²) < 4.78 is 6.45. The van der Waals surface area contributed by atoms with Gasteiger partial charge in [-0.2, -0.15) is 0 Å².